The predicted molar refractivity (Wildman–Crippen MR) is 38.4 cm³/mol. The van der Waals surface area contributed by atoms with Crippen LogP contribution in [0.1, 0.15) is 33.6 Å². The van der Waals surface area contributed by atoms with Crippen LogP contribution >= 0.6 is 0 Å². The van der Waals surface area contributed by atoms with Gasteiger partial charge in [-0.15, -0.1) is 0 Å². The number of hydrogen-bond acceptors (Lipinski definition) is 1. The number of rotatable bonds is 3. The lowest BCUT2D eigenvalue weighted by atomic mass is 10.0. The van der Waals surface area contributed by atoms with Crippen LogP contribution in [-0.2, 0) is 4.74 Å². The molecule has 1 unspecified atom stereocenters. The summed E-state index contributed by atoms with van der Waals surface area (Å²) < 4.78 is 5.25. The molecule has 0 aromatic heterocycles. The van der Waals surface area contributed by atoms with Crippen molar-refractivity contribution in [3.8, 4) is 0 Å². The van der Waals surface area contributed by atoms with Crippen molar-refractivity contribution in [2.45, 2.75) is 39.2 Å². The standard InChI is InChI=1S/C8H16O/c1-7(2)4-5-8(3)6-9-8/h7H,4-6H2,1-3H3. The third kappa shape index (κ3) is 2.35. The molecule has 0 aromatic carbocycles. The molecule has 1 aliphatic rings. The molecule has 0 radical (unpaired) electrons. The van der Waals surface area contributed by atoms with E-state index >= 15 is 0 Å². The molecule has 0 saturated carbocycles. The molecule has 1 atom stereocenters. The largest absolute Gasteiger partial charge is 0.370 e. The van der Waals surface area contributed by atoms with Gasteiger partial charge < -0.3 is 4.74 Å². The van der Waals surface area contributed by atoms with Gasteiger partial charge in [-0.1, -0.05) is 13.8 Å². The van der Waals surface area contributed by atoms with Crippen LogP contribution in [0.5, 0.6) is 0 Å². The maximum absolute atomic E-state index is 5.25. The minimum Gasteiger partial charge on any atom is -0.370 e. The Balaban J connectivity index is 2.05. The van der Waals surface area contributed by atoms with Gasteiger partial charge in [0.2, 0.25) is 0 Å². The van der Waals surface area contributed by atoms with Crippen LogP contribution in [0.2, 0.25) is 0 Å². The average Bonchev–Trinajstić information content (AvgIpc) is 2.45. The second kappa shape index (κ2) is 2.30. The summed E-state index contributed by atoms with van der Waals surface area (Å²) in [7, 11) is 0. The van der Waals surface area contributed by atoms with Gasteiger partial charge in [-0.25, -0.2) is 0 Å². The van der Waals surface area contributed by atoms with E-state index in [0.29, 0.717) is 0 Å². The van der Waals surface area contributed by atoms with E-state index in [9.17, 15) is 0 Å². The highest BCUT2D eigenvalue weighted by molar-refractivity contribution is 4.86. The first-order chi connectivity index (χ1) is 4.12. The van der Waals surface area contributed by atoms with Crippen molar-refractivity contribution in [1.29, 1.82) is 0 Å². The highest BCUT2D eigenvalue weighted by Gasteiger charge is 2.38. The number of hydrogen-bond donors (Lipinski definition) is 0. The van der Waals surface area contributed by atoms with Crippen LogP contribution in [0.3, 0.4) is 0 Å². The molecule has 1 fully saturated rings. The van der Waals surface area contributed by atoms with Gasteiger partial charge >= 0.3 is 0 Å². The highest BCUT2D eigenvalue weighted by Crippen LogP contribution is 2.32. The molecule has 0 aliphatic carbocycles. The number of epoxide rings is 1. The van der Waals surface area contributed by atoms with E-state index in [-0.39, 0.29) is 5.60 Å². The molecule has 1 aliphatic heterocycles. The highest BCUT2D eigenvalue weighted by atomic mass is 16.6. The molecule has 1 saturated heterocycles. The van der Waals surface area contributed by atoms with Crippen LogP contribution in [-0.4, -0.2) is 12.2 Å². The van der Waals surface area contributed by atoms with Gasteiger partial charge in [0, 0.05) is 0 Å². The maximum atomic E-state index is 5.25. The Hall–Kier alpha value is -0.0400. The van der Waals surface area contributed by atoms with Crippen molar-refractivity contribution in [3.63, 3.8) is 0 Å². The van der Waals surface area contributed by atoms with Crippen LogP contribution in [0.4, 0.5) is 0 Å². The summed E-state index contributed by atoms with van der Waals surface area (Å²) >= 11 is 0. The summed E-state index contributed by atoms with van der Waals surface area (Å²) in [6.07, 6.45) is 2.54. The Morgan fingerprint density at radius 1 is 1.56 bits per heavy atom. The zero-order valence-corrected chi connectivity index (χ0v) is 6.61. The fourth-order valence-corrected chi connectivity index (χ4v) is 0.862. The van der Waals surface area contributed by atoms with E-state index in [0.717, 1.165) is 12.5 Å². The van der Waals surface area contributed by atoms with Gasteiger partial charge in [0.25, 0.3) is 0 Å². The topological polar surface area (TPSA) is 12.5 Å². The maximum Gasteiger partial charge on any atom is 0.0888 e. The van der Waals surface area contributed by atoms with Gasteiger partial charge in [-0.2, -0.15) is 0 Å². The van der Waals surface area contributed by atoms with Crippen molar-refractivity contribution in [2.75, 3.05) is 6.61 Å². The predicted octanol–water partition coefficient (Wildman–Crippen LogP) is 2.21. The van der Waals surface area contributed by atoms with Crippen LogP contribution in [0, 0.1) is 5.92 Å². The van der Waals surface area contributed by atoms with Gasteiger partial charge in [-0.05, 0) is 25.7 Å². The van der Waals surface area contributed by atoms with E-state index in [1.54, 1.807) is 0 Å². The summed E-state index contributed by atoms with van der Waals surface area (Å²) in [4.78, 5) is 0. The molecule has 1 nitrogen and oxygen atoms in total. The molecule has 9 heavy (non-hydrogen) atoms. The minimum atomic E-state index is 0.282. The van der Waals surface area contributed by atoms with E-state index in [2.05, 4.69) is 20.8 Å². The van der Waals surface area contributed by atoms with E-state index < -0.39 is 0 Å². The zero-order valence-electron chi connectivity index (χ0n) is 6.61. The molecule has 1 heteroatoms. The van der Waals surface area contributed by atoms with E-state index in [1.807, 2.05) is 0 Å². The SMILES string of the molecule is CC(C)CCC1(C)CO1. The average molecular weight is 128 g/mol. The summed E-state index contributed by atoms with van der Waals surface area (Å²) in [5, 5.41) is 0. The quantitative estimate of drug-likeness (QED) is 0.531. The molecular weight excluding hydrogens is 112 g/mol. The zero-order chi connectivity index (χ0) is 6.91. The lowest BCUT2D eigenvalue weighted by Gasteiger charge is -2.06. The second-order valence-electron chi connectivity index (χ2n) is 3.67. The van der Waals surface area contributed by atoms with E-state index in [4.69, 9.17) is 4.74 Å². The van der Waals surface area contributed by atoms with E-state index in [1.165, 1.54) is 12.8 Å². The van der Waals surface area contributed by atoms with Crippen molar-refractivity contribution in [2.24, 2.45) is 5.92 Å². The Labute approximate surface area is 57.4 Å². The van der Waals surface area contributed by atoms with Crippen molar-refractivity contribution in [3.05, 3.63) is 0 Å². The third-order valence-electron chi connectivity index (χ3n) is 1.89. The molecule has 0 N–H and O–H groups in total. The summed E-state index contributed by atoms with van der Waals surface area (Å²) in [5.74, 6) is 0.825. The fraction of sp³-hybridized carbons (Fsp3) is 1.00. The monoisotopic (exact) mass is 128 g/mol. The summed E-state index contributed by atoms with van der Waals surface area (Å²) in [6.45, 7) is 7.69. The van der Waals surface area contributed by atoms with Crippen molar-refractivity contribution in [1.82, 2.24) is 0 Å². The Kier molecular flexibility index (Phi) is 1.80. The van der Waals surface area contributed by atoms with Crippen molar-refractivity contribution >= 4 is 0 Å². The van der Waals surface area contributed by atoms with Crippen LogP contribution < -0.4 is 0 Å². The Morgan fingerprint density at radius 2 is 2.11 bits per heavy atom. The summed E-state index contributed by atoms with van der Waals surface area (Å²) in [6, 6.07) is 0. The first-order valence-electron chi connectivity index (χ1n) is 3.76. The second-order valence-corrected chi connectivity index (χ2v) is 3.67. The molecule has 1 rings (SSSR count). The van der Waals surface area contributed by atoms with Gasteiger partial charge in [0.15, 0.2) is 0 Å². The van der Waals surface area contributed by atoms with Gasteiger partial charge in [0.1, 0.15) is 0 Å². The third-order valence-corrected chi connectivity index (χ3v) is 1.89. The van der Waals surface area contributed by atoms with Crippen molar-refractivity contribution < 1.29 is 4.74 Å². The van der Waals surface area contributed by atoms with Gasteiger partial charge in [0.05, 0.1) is 12.2 Å². The molecule has 1 heterocycles. The Bertz CT molecular complexity index is 92.7. The molecule has 0 amide bonds. The lowest BCUT2D eigenvalue weighted by molar-refractivity contribution is 0.293. The Morgan fingerprint density at radius 3 is 2.44 bits per heavy atom. The van der Waals surface area contributed by atoms with Crippen LogP contribution in [0.15, 0.2) is 0 Å². The molecule has 0 spiro atoms. The first kappa shape index (κ1) is 7.07. The smallest absolute Gasteiger partial charge is 0.0888 e. The van der Waals surface area contributed by atoms with Crippen LogP contribution in [0.25, 0.3) is 0 Å². The molecule has 0 bridgehead atoms. The van der Waals surface area contributed by atoms with Gasteiger partial charge in [-0.3, -0.25) is 0 Å². The molecule has 54 valence electrons. The fourth-order valence-electron chi connectivity index (χ4n) is 0.862. The first-order valence-corrected chi connectivity index (χ1v) is 3.76. The molecule has 0 aromatic rings. The number of ether oxygens (including phenoxy) is 1. The summed E-state index contributed by atoms with van der Waals surface area (Å²) in [5.41, 5.74) is 0.282. The minimum absolute atomic E-state index is 0.282. The lowest BCUT2D eigenvalue weighted by Crippen LogP contribution is -2.05. The molecular formula is C8H16O. The normalized spacial score (nSPS) is 33.3.